The summed E-state index contributed by atoms with van der Waals surface area (Å²) in [6.07, 6.45) is 1.39. The quantitative estimate of drug-likeness (QED) is 0.507. The van der Waals surface area contributed by atoms with E-state index in [1.54, 1.807) is 0 Å². The molecular formula is C16H25NO4. The highest BCUT2D eigenvalue weighted by molar-refractivity contribution is 5.77. The number of aliphatic hydroxyl groups excluding tert-OH is 1. The molecule has 0 saturated carbocycles. The molecule has 5 heteroatoms. The molecule has 1 aromatic rings. The molecule has 0 bridgehead atoms. The fourth-order valence-corrected chi connectivity index (χ4v) is 1.88. The van der Waals surface area contributed by atoms with Crippen LogP contribution in [0.15, 0.2) is 30.3 Å². The van der Waals surface area contributed by atoms with Crippen LogP contribution in [0.1, 0.15) is 31.4 Å². The first kappa shape index (κ1) is 17.6. The van der Waals surface area contributed by atoms with Gasteiger partial charge < -0.3 is 14.6 Å². The Balaban J connectivity index is 2.45. The minimum absolute atomic E-state index is 0.260. The van der Waals surface area contributed by atoms with Crippen molar-refractivity contribution in [3.8, 4) is 0 Å². The Kier molecular flexibility index (Phi) is 8.66. The summed E-state index contributed by atoms with van der Waals surface area (Å²) in [6.45, 7) is 3.26. The number of benzene rings is 1. The third kappa shape index (κ3) is 6.71. The zero-order chi connectivity index (χ0) is 15.5. The Labute approximate surface area is 126 Å². The van der Waals surface area contributed by atoms with Crippen molar-refractivity contribution in [2.45, 2.75) is 31.9 Å². The molecule has 0 radical (unpaired) electrons. The summed E-state index contributed by atoms with van der Waals surface area (Å²) in [6, 6.07) is 8.71. The van der Waals surface area contributed by atoms with E-state index in [-0.39, 0.29) is 19.1 Å². The molecule has 0 saturated heterocycles. The second-order valence-corrected chi connectivity index (χ2v) is 4.86. The van der Waals surface area contributed by atoms with Gasteiger partial charge in [0.25, 0.3) is 0 Å². The summed E-state index contributed by atoms with van der Waals surface area (Å²) in [5, 5.41) is 12.9. The van der Waals surface area contributed by atoms with Crippen LogP contribution in [0.5, 0.6) is 0 Å². The number of unbranched alkanes of at least 4 members (excludes halogenated alkanes) is 1. The molecule has 118 valence electrons. The van der Waals surface area contributed by atoms with Gasteiger partial charge in [-0.15, -0.1) is 0 Å². The van der Waals surface area contributed by atoms with Crippen molar-refractivity contribution < 1.29 is 19.4 Å². The molecule has 1 rings (SSSR count). The van der Waals surface area contributed by atoms with Gasteiger partial charge in [0, 0.05) is 13.2 Å². The maximum Gasteiger partial charge on any atom is 0.327 e. The Bertz CT molecular complexity index is 397. The first-order chi connectivity index (χ1) is 10.2. The first-order valence-electron chi connectivity index (χ1n) is 7.31. The van der Waals surface area contributed by atoms with Gasteiger partial charge in [0.2, 0.25) is 0 Å². The zero-order valence-electron chi connectivity index (χ0n) is 12.7. The second kappa shape index (κ2) is 10.3. The third-order valence-corrected chi connectivity index (χ3v) is 3.08. The van der Waals surface area contributed by atoms with Crippen molar-refractivity contribution in [2.24, 2.45) is 0 Å². The lowest BCUT2D eigenvalue weighted by atomic mass is 10.1. The maximum atomic E-state index is 11.8. The highest BCUT2D eigenvalue weighted by Crippen LogP contribution is 2.13. The van der Waals surface area contributed by atoms with Crippen LogP contribution in [0.3, 0.4) is 0 Å². The maximum absolute atomic E-state index is 11.8. The first-order valence-corrected chi connectivity index (χ1v) is 7.31. The molecule has 0 aliphatic rings. The Morgan fingerprint density at radius 2 is 2.05 bits per heavy atom. The van der Waals surface area contributed by atoms with E-state index in [2.05, 4.69) is 12.2 Å². The summed E-state index contributed by atoms with van der Waals surface area (Å²) >= 11 is 0. The summed E-state index contributed by atoms with van der Waals surface area (Å²) in [5.74, 6) is -0.375. The number of hydrogen-bond donors (Lipinski definition) is 2. The van der Waals surface area contributed by atoms with Gasteiger partial charge in [-0.2, -0.15) is 0 Å². The molecule has 5 nitrogen and oxygen atoms in total. The molecule has 0 fully saturated rings. The molecule has 0 heterocycles. The predicted octanol–water partition coefficient (Wildman–Crippen LogP) is 1.67. The Hall–Kier alpha value is -1.43. The molecule has 0 amide bonds. The molecular weight excluding hydrogens is 270 g/mol. The number of hydrogen-bond acceptors (Lipinski definition) is 5. The van der Waals surface area contributed by atoms with Gasteiger partial charge >= 0.3 is 5.97 Å². The lowest BCUT2D eigenvalue weighted by Gasteiger charge is -2.19. The zero-order valence-corrected chi connectivity index (χ0v) is 12.7. The van der Waals surface area contributed by atoms with E-state index in [0.717, 1.165) is 18.4 Å². The van der Waals surface area contributed by atoms with Crippen molar-refractivity contribution in [3.63, 3.8) is 0 Å². The smallest absolute Gasteiger partial charge is 0.327 e. The van der Waals surface area contributed by atoms with Crippen LogP contribution in [0.2, 0.25) is 0 Å². The monoisotopic (exact) mass is 295 g/mol. The highest BCUT2D eigenvalue weighted by atomic mass is 16.5. The lowest BCUT2D eigenvalue weighted by Crippen LogP contribution is -2.37. The van der Waals surface area contributed by atoms with Crippen molar-refractivity contribution >= 4 is 5.97 Å². The molecule has 21 heavy (non-hydrogen) atoms. The number of carbonyl (C=O) groups is 1. The van der Waals surface area contributed by atoms with E-state index < -0.39 is 12.1 Å². The van der Waals surface area contributed by atoms with Gasteiger partial charge in [-0.1, -0.05) is 43.7 Å². The second-order valence-electron chi connectivity index (χ2n) is 4.86. The number of rotatable bonds is 10. The largest absolute Gasteiger partial charge is 0.468 e. The molecule has 0 aliphatic carbocycles. The number of ether oxygens (including phenoxy) is 2. The van der Waals surface area contributed by atoms with Crippen LogP contribution in [-0.4, -0.2) is 44.0 Å². The van der Waals surface area contributed by atoms with Gasteiger partial charge in [-0.3, -0.25) is 5.32 Å². The number of esters is 1. The standard InChI is InChI=1S/C16H25NO4/c1-3-4-10-21-12-14(18)11-17-15(16(19)20-2)13-8-6-5-7-9-13/h5-9,14-15,17-18H,3-4,10-12H2,1-2H3. The average molecular weight is 295 g/mol. The van der Waals surface area contributed by atoms with E-state index >= 15 is 0 Å². The van der Waals surface area contributed by atoms with Gasteiger partial charge in [0.05, 0.1) is 19.8 Å². The van der Waals surface area contributed by atoms with Crippen LogP contribution >= 0.6 is 0 Å². The lowest BCUT2D eigenvalue weighted by molar-refractivity contribution is -0.143. The predicted molar refractivity (Wildman–Crippen MR) is 80.9 cm³/mol. The van der Waals surface area contributed by atoms with Crippen molar-refractivity contribution in [1.29, 1.82) is 0 Å². The van der Waals surface area contributed by atoms with Crippen molar-refractivity contribution in [1.82, 2.24) is 5.32 Å². The normalized spacial score (nSPS) is 13.7. The third-order valence-electron chi connectivity index (χ3n) is 3.08. The topological polar surface area (TPSA) is 67.8 Å². The van der Waals surface area contributed by atoms with Gasteiger partial charge in [-0.05, 0) is 12.0 Å². The molecule has 2 atom stereocenters. The van der Waals surface area contributed by atoms with Gasteiger partial charge in [0.15, 0.2) is 0 Å². The highest BCUT2D eigenvalue weighted by Gasteiger charge is 2.21. The van der Waals surface area contributed by atoms with E-state index in [1.165, 1.54) is 7.11 Å². The van der Waals surface area contributed by atoms with Crippen LogP contribution < -0.4 is 5.32 Å². The molecule has 2 N–H and O–H groups in total. The van der Waals surface area contributed by atoms with E-state index in [1.807, 2.05) is 30.3 Å². The van der Waals surface area contributed by atoms with Crippen LogP contribution in [-0.2, 0) is 14.3 Å². The van der Waals surface area contributed by atoms with Crippen molar-refractivity contribution in [3.05, 3.63) is 35.9 Å². The van der Waals surface area contributed by atoms with Gasteiger partial charge in [-0.25, -0.2) is 4.79 Å². The van der Waals surface area contributed by atoms with Crippen LogP contribution in [0, 0.1) is 0 Å². The summed E-state index contributed by atoms with van der Waals surface area (Å²) < 4.78 is 10.2. The Morgan fingerprint density at radius 1 is 1.33 bits per heavy atom. The summed E-state index contributed by atoms with van der Waals surface area (Å²) in [5.41, 5.74) is 0.809. The van der Waals surface area contributed by atoms with Crippen LogP contribution in [0.4, 0.5) is 0 Å². The Morgan fingerprint density at radius 3 is 2.67 bits per heavy atom. The average Bonchev–Trinajstić information content (AvgIpc) is 2.52. The number of methoxy groups -OCH3 is 1. The number of carbonyl (C=O) groups excluding carboxylic acids is 1. The number of aliphatic hydroxyl groups is 1. The van der Waals surface area contributed by atoms with Gasteiger partial charge in [0.1, 0.15) is 6.04 Å². The fourth-order valence-electron chi connectivity index (χ4n) is 1.88. The minimum Gasteiger partial charge on any atom is -0.468 e. The minimum atomic E-state index is -0.655. The molecule has 0 aromatic heterocycles. The number of nitrogens with one attached hydrogen (secondary N) is 1. The summed E-state index contributed by atoms with van der Waals surface area (Å²) in [4.78, 5) is 11.8. The molecule has 0 spiro atoms. The molecule has 1 aromatic carbocycles. The van der Waals surface area contributed by atoms with E-state index in [9.17, 15) is 9.90 Å². The summed E-state index contributed by atoms with van der Waals surface area (Å²) in [7, 11) is 1.35. The molecule has 2 unspecified atom stereocenters. The van der Waals surface area contributed by atoms with E-state index in [4.69, 9.17) is 9.47 Å². The van der Waals surface area contributed by atoms with E-state index in [0.29, 0.717) is 6.61 Å². The fraction of sp³-hybridized carbons (Fsp3) is 0.562. The molecule has 0 aliphatic heterocycles. The van der Waals surface area contributed by atoms with Crippen LogP contribution in [0.25, 0.3) is 0 Å². The van der Waals surface area contributed by atoms with Crippen molar-refractivity contribution in [2.75, 3.05) is 26.9 Å². The SMILES string of the molecule is CCCCOCC(O)CNC(C(=O)OC)c1ccccc1.